The highest BCUT2D eigenvalue weighted by atomic mass is 16.5. The first-order valence-corrected chi connectivity index (χ1v) is 7.74. The van der Waals surface area contributed by atoms with Crippen LogP contribution in [0.3, 0.4) is 0 Å². The summed E-state index contributed by atoms with van der Waals surface area (Å²) in [6.45, 7) is 1.76. The van der Waals surface area contributed by atoms with Crippen molar-refractivity contribution < 1.29 is 9.53 Å². The van der Waals surface area contributed by atoms with E-state index in [0.717, 1.165) is 23.6 Å². The predicted molar refractivity (Wildman–Crippen MR) is 88.6 cm³/mol. The first kappa shape index (κ1) is 15.1. The van der Waals surface area contributed by atoms with Gasteiger partial charge in [0.15, 0.2) is 0 Å². The van der Waals surface area contributed by atoms with Crippen molar-refractivity contribution in [2.45, 2.75) is 12.5 Å². The summed E-state index contributed by atoms with van der Waals surface area (Å²) < 4.78 is 5.59. The average molecular weight is 312 g/mol. The van der Waals surface area contributed by atoms with Crippen LogP contribution in [0.1, 0.15) is 18.0 Å². The number of hydrogen-bond donors (Lipinski definition) is 3. The number of anilines is 1. The van der Waals surface area contributed by atoms with Crippen molar-refractivity contribution >= 4 is 11.8 Å². The number of ether oxygens (including phenoxy) is 1. The summed E-state index contributed by atoms with van der Waals surface area (Å²) >= 11 is 0. The lowest BCUT2D eigenvalue weighted by Crippen LogP contribution is -2.41. The highest BCUT2D eigenvalue weighted by Gasteiger charge is 2.22. The molecule has 0 saturated heterocycles. The number of urea groups is 1. The molecule has 0 saturated carbocycles. The van der Waals surface area contributed by atoms with Gasteiger partial charge in [-0.15, -0.1) is 0 Å². The molecule has 23 heavy (non-hydrogen) atoms. The first-order valence-electron chi connectivity index (χ1n) is 7.74. The molecule has 0 fully saturated rings. The Bertz CT molecular complexity index is 648. The molecule has 1 unspecified atom stereocenters. The van der Waals surface area contributed by atoms with Gasteiger partial charge in [-0.25, -0.2) is 9.78 Å². The minimum Gasteiger partial charge on any atom is -0.493 e. The number of aromatic nitrogens is 1. The van der Waals surface area contributed by atoms with Crippen LogP contribution in [0, 0.1) is 0 Å². The molecule has 3 N–H and O–H groups in total. The van der Waals surface area contributed by atoms with Gasteiger partial charge in [-0.1, -0.05) is 24.3 Å². The highest BCUT2D eigenvalue weighted by Crippen LogP contribution is 2.31. The molecule has 1 aliphatic rings. The third-order valence-electron chi connectivity index (χ3n) is 3.65. The van der Waals surface area contributed by atoms with E-state index < -0.39 is 0 Å². The van der Waals surface area contributed by atoms with Crippen LogP contribution in [-0.4, -0.2) is 30.7 Å². The van der Waals surface area contributed by atoms with E-state index in [1.54, 1.807) is 6.20 Å². The van der Waals surface area contributed by atoms with Gasteiger partial charge in [0.05, 0.1) is 12.6 Å². The lowest BCUT2D eigenvalue weighted by atomic mass is 10.0. The van der Waals surface area contributed by atoms with Crippen LogP contribution < -0.4 is 20.7 Å². The van der Waals surface area contributed by atoms with Crippen LogP contribution in [0.25, 0.3) is 0 Å². The molecule has 2 aromatic rings. The number of nitrogens with zero attached hydrogens (tertiary/aromatic N) is 1. The van der Waals surface area contributed by atoms with Crippen molar-refractivity contribution in [1.82, 2.24) is 15.6 Å². The number of carbonyl (C=O) groups is 1. The van der Waals surface area contributed by atoms with Gasteiger partial charge in [0.2, 0.25) is 0 Å². The Labute approximate surface area is 135 Å². The molecule has 0 aliphatic carbocycles. The maximum atomic E-state index is 12.0. The summed E-state index contributed by atoms with van der Waals surface area (Å²) in [4.78, 5) is 16.2. The number of fused-ring (bicyclic) bond motifs is 1. The number of amides is 2. The van der Waals surface area contributed by atoms with E-state index in [9.17, 15) is 4.79 Å². The Morgan fingerprint density at radius 2 is 2.04 bits per heavy atom. The molecule has 2 amide bonds. The maximum Gasteiger partial charge on any atom is 0.315 e. The van der Waals surface area contributed by atoms with Crippen molar-refractivity contribution in [3.8, 4) is 5.75 Å². The fourth-order valence-electron chi connectivity index (χ4n) is 2.54. The normalized spacial score (nSPS) is 15.9. The largest absolute Gasteiger partial charge is 0.493 e. The minimum atomic E-state index is -0.172. The Balaban J connectivity index is 1.43. The molecule has 1 aromatic carbocycles. The van der Waals surface area contributed by atoms with Gasteiger partial charge < -0.3 is 20.7 Å². The molecule has 2 heterocycles. The predicted octanol–water partition coefficient (Wildman–Crippen LogP) is 2.32. The van der Waals surface area contributed by atoms with Crippen molar-refractivity contribution in [2.24, 2.45) is 0 Å². The van der Waals surface area contributed by atoms with Crippen LogP contribution in [0.5, 0.6) is 5.75 Å². The van der Waals surface area contributed by atoms with E-state index in [1.165, 1.54) is 0 Å². The zero-order chi connectivity index (χ0) is 15.9. The van der Waals surface area contributed by atoms with Crippen LogP contribution in [0.2, 0.25) is 0 Å². The van der Waals surface area contributed by atoms with E-state index in [0.29, 0.717) is 19.7 Å². The third-order valence-corrected chi connectivity index (χ3v) is 3.65. The van der Waals surface area contributed by atoms with Gasteiger partial charge in [-0.3, -0.25) is 0 Å². The minimum absolute atomic E-state index is 0.0105. The topological polar surface area (TPSA) is 75.3 Å². The van der Waals surface area contributed by atoms with Crippen LogP contribution in [-0.2, 0) is 0 Å². The summed E-state index contributed by atoms with van der Waals surface area (Å²) in [5, 5.41) is 9.00. The van der Waals surface area contributed by atoms with Gasteiger partial charge in [0.1, 0.15) is 11.6 Å². The average Bonchev–Trinajstić information content (AvgIpc) is 2.60. The summed E-state index contributed by atoms with van der Waals surface area (Å²) in [5.41, 5.74) is 1.03. The van der Waals surface area contributed by atoms with Gasteiger partial charge in [0.25, 0.3) is 0 Å². The lowest BCUT2D eigenvalue weighted by molar-refractivity contribution is 0.223. The van der Waals surface area contributed by atoms with E-state index in [1.807, 2.05) is 42.5 Å². The van der Waals surface area contributed by atoms with Crippen molar-refractivity contribution in [1.29, 1.82) is 0 Å². The molecular formula is C17H20N4O2. The number of carbonyl (C=O) groups excluding carboxylic acids is 1. The first-order chi connectivity index (χ1) is 11.3. The monoisotopic (exact) mass is 312 g/mol. The van der Waals surface area contributed by atoms with Crippen LogP contribution in [0.15, 0.2) is 48.7 Å². The fraction of sp³-hybridized carbons (Fsp3) is 0.294. The molecule has 1 aromatic heterocycles. The summed E-state index contributed by atoms with van der Waals surface area (Å²) in [5.74, 6) is 1.65. The Hall–Kier alpha value is -2.76. The van der Waals surface area contributed by atoms with Gasteiger partial charge >= 0.3 is 6.03 Å². The molecule has 1 atom stereocenters. The molecule has 6 nitrogen and oxygen atoms in total. The van der Waals surface area contributed by atoms with Crippen molar-refractivity contribution in [2.75, 3.05) is 25.0 Å². The van der Waals surface area contributed by atoms with Gasteiger partial charge in [0, 0.05) is 31.3 Å². The molecule has 3 rings (SSSR count). The Kier molecular flexibility index (Phi) is 4.93. The number of benzene rings is 1. The summed E-state index contributed by atoms with van der Waals surface area (Å²) in [6, 6.07) is 13.3. The SMILES string of the molecule is O=C(NCCNc1ccccn1)NC1CCOc2ccccc21. The van der Waals surface area contributed by atoms with E-state index >= 15 is 0 Å². The van der Waals surface area contributed by atoms with Gasteiger partial charge in [-0.2, -0.15) is 0 Å². The number of rotatable bonds is 5. The zero-order valence-electron chi connectivity index (χ0n) is 12.8. The van der Waals surface area contributed by atoms with Crippen LogP contribution in [0.4, 0.5) is 10.6 Å². The van der Waals surface area contributed by atoms with Crippen molar-refractivity contribution in [3.05, 3.63) is 54.2 Å². The second kappa shape index (κ2) is 7.49. The molecule has 120 valence electrons. The highest BCUT2D eigenvalue weighted by molar-refractivity contribution is 5.74. The van der Waals surface area contributed by atoms with E-state index in [2.05, 4.69) is 20.9 Å². The summed E-state index contributed by atoms with van der Waals surface area (Å²) in [7, 11) is 0. The molecule has 1 aliphatic heterocycles. The van der Waals surface area contributed by atoms with E-state index in [-0.39, 0.29) is 12.1 Å². The number of para-hydroxylation sites is 1. The number of hydrogen-bond acceptors (Lipinski definition) is 4. The van der Waals surface area contributed by atoms with Gasteiger partial charge in [-0.05, 0) is 18.2 Å². The summed E-state index contributed by atoms with van der Waals surface area (Å²) in [6.07, 6.45) is 2.50. The lowest BCUT2D eigenvalue weighted by Gasteiger charge is -2.26. The molecule has 0 spiro atoms. The third kappa shape index (κ3) is 4.12. The van der Waals surface area contributed by atoms with Crippen molar-refractivity contribution in [3.63, 3.8) is 0 Å². The van der Waals surface area contributed by atoms with Crippen LogP contribution >= 0.6 is 0 Å². The quantitative estimate of drug-likeness (QED) is 0.741. The molecule has 0 radical (unpaired) electrons. The standard InChI is InChI=1S/C17H20N4O2/c22-17(20-11-10-19-16-7-3-4-9-18-16)21-14-8-12-23-15-6-2-1-5-13(14)15/h1-7,9,14H,8,10-12H2,(H,18,19)(H2,20,21,22). The molecule has 0 bridgehead atoms. The zero-order valence-corrected chi connectivity index (χ0v) is 12.8. The smallest absolute Gasteiger partial charge is 0.315 e. The Morgan fingerprint density at radius 3 is 2.91 bits per heavy atom. The number of pyridine rings is 1. The second-order valence-electron chi connectivity index (χ2n) is 5.27. The number of nitrogens with one attached hydrogen (secondary N) is 3. The molecular weight excluding hydrogens is 292 g/mol. The fourth-order valence-corrected chi connectivity index (χ4v) is 2.54. The molecule has 6 heteroatoms. The van der Waals surface area contributed by atoms with E-state index in [4.69, 9.17) is 4.74 Å². The Morgan fingerprint density at radius 1 is 1.17 bits per heavy atom. The second-order valence-corrected chi connectivity index (χ2v) is 5.27. The maximum absolute atomic E-state index is 12.0.